The summed E-state index contributed by atoms with van der Waals surface area (Å²) in [5.74, 6) is 0.914. The molecule has 0 radical (unpaired) electrons. The molecule has 3 rings (SSSR count). The maximum Gasteiger partial charge on any atom is 0.207 e. The maximum absolute atomic E-state index is 9.99. The summed E-state index contributed by atoms with van der Waals surface area (Å²) in [7, 11) is 0. The number of amides is 1. The second-order valence-corrected chi connectivity index (χ2v) is 9.50. The van der Waals surface area contributed by atoms with Crippen molar-refractivity contribution in [2.45, 2.75) is 84.2 Å². The van der Waals surface area contributed by atoms with Crippen LogP contribution in [0.2, 0.25) is 0 Å². The first kappa shape index (κ1) is 30.4. The lowest BCUT2D eigenvalue weighted by Gasteiger charge is -2.07. The monoisotopic (exact) mass is 505 g/mol. The van der Waals surface area contributed by atoms with Crippen LogP contribution in [-0.4, -0.2) is 26.2 Å². The van der Waals surface area contributed by atoms with Gasteiger partial charge in [0.1, 0.15) is 12.4 Å². The van der Waals surface area contributed by atoms with Crippen LogP contribution < -0.4 is 10.1 Å². The standard InChI is InChI=1S/C17H14O.C16H33NO2/c1-2-6-14(7-3-1)13-18-17-11-10-15-8-4-5-9-16(15)12-17;1-2-3-4-5-6-7-8-9-10-11-14-19-15-12-13-17-16-18/h1-12H,13H2;16H,2-15H2,1H3,(H,17,18). The molecule has 0 saturated carbocycles. The number of rotatable bonds is 19. The average molecular weight is 506 g/mol. The van der Waals surface area contributed by atoms with Gasteiger partial charge in [-0.1, -0.05) is 125 Å². The van der Waals surface area contributed by atoms with Crippen molar-refractivity contribution in [1.29, 1.82) is 0 Å². The molecular weight excluding hydrogens is 458 g/mol. The SMILES string of the molecule is CCCCCCCCCCCCOCCCNC=O.c1ccc(COc2ccc3ccccc3c2)cc1. The molecule has 0 atom stereocenters. The maximum atomic E-state index is 9.99. The van der Waals surface area contributed by atoms with Crippen molar-refractivity contribution in [3.63, 3.8) is 0 Å². The van der Waals surface area contributed by atoms with Gasteiger partial charge in [0.15, 0.2) is 0 Å². The molecule has 0 unspecified atom stereocenters. The molecule has 0 spiro atoms. The van der Waals surface area contributed by atoms with Gasteiger partial charge in [-0.15, -0.1) is 0 Å². The highest BCUT2D eigenvalue weighted by atomic mass is 16.5. The van der Waals surface area contributed by atoms with Crippen molar-refractivity contribution >= 4 is 17.2 Å². The molecular formula is C33H47NO3. The van der Waals surface area contributed by atoms with E-state index in [1.165, 1.54) is 80.5 Å². The summed E-state index contributed by atoms with van der Waals surface area (Å²) in [6.45, 7) is 5.23. The number of benzene rings is 3. The van der Waals surface area contributed by atoms with Gasteiger partial charge in [-0.05, 0) is 41.3 Å². The molecule has 0 aromatic heterocycles. The Labute approximate surface area is 224 Å². The van der Waals surface area contributed by atoms with Gasteiger partial charge >= 0.3 is 0 Å². The van der Waals surface area contributed by atoms with E-state index in [0.29, 0.717) is 6.61 Å². The topological polar surface area (TPSA) is 47.6 Å². The molecule has 37 heavy (non-hydrogen) atoms. The summed E-state index contributed by atoms with van der Waals surface area (Å²) in [6, 6.07) is 24.7. The smallest absolute Gasteiger partial charge is 0.207 e. The summed E-state index contributed by atoms with van der Waals surface area (Å²) in [6.07, 6.45) is 15.3. The highest BCUT2D eigenvalue weighted by Crippen LogP contribution is 2.21. The summed E-state index contributed by atoms with van der Waals surface area (Å²) < 4.78 is 11.3. The Bertz CT molecular complexity index is 944. The van der Waals surface area contributed by atoms with Gasteiger partial charge in [-0.25, -0.2) is 0 Å². The Hall–Kier alpha value is -2.85. The van der Waals surface area contributed by atoms with Crippen molar-refractivity contribution in [2.24, 2.45) is 0 Å². The van der Waals surface area contributed by atoms with Gasteiger partial charge in [0.2, 0.25) is 6.41 Å². The zero-order valence-electron chi connectivity index (χ0n) is 22.8. The van der Waals surface area contributed by atoms with Gasteiger partial charge in [0.05, 0.1) is 0 Å². The van der Waals surface area contributed by atoms with Crippen molar-refractivity contribution in [3.05, 3.63) is 78.4 Å². The minimum Gasteiger partial charge on any atom is -0.489 e. The Morgan fingerprint density at radius 3 is 2.00 bits per heavy atom. The first-order chi connectivity index (χ1) is 18.3. The van der Waals surface area contributed by atoms with Crippen LogP contribution in [-0.2, 0) is 16.1 Å². The molecule has 0 aliphatic carbocycles. The van der Waals surface area contributed by atoms with E-state index in [0.717, 1.165) is 38.3 Å². The van der Waals surface area contributed by atoms with Crippen LogP contribution in [0.4, 0.5) is 0 Å². The van der Waals surface area contributed by atoms with Crippen LogP contribution in [0.5, 0.6) is 5.75 Å². The predicted octanol–water partition coefficient (Wildman–Crippen LogP) is 8.48. The molecule has 4 heteroatoms. The van der Waals surface area contributed by atoms with Crippen molar-refractivity contribution in [3.8, 4) is 5.75 Å². The molecule has 202 valence electrons. The van der Waals surface area contributed by atoms with Crippen LogP contribution in [0.25, 0.3) is 10.8 Å². The van der Waals surface area contributed by atoms with Gasteiger partial charge in [-0.2, -0.15) is 0 Å². The zero-order chi connectivity index (χ0) is 26.2. The predicted molar refractivity (Wildman–Crippen MR) is 156 cm³/mol. The molecule has 3 aromatic rings. The fraction of sp³-hybridized carbons (Fsp3) is 0.485. The molecule has 0 heterocycles. The third kappa shape index (κ3) is 15.1. The summed E-state index contributed by atoms with van der Waals surface area (Å²) in [5, 5.41) is 5.08. The number of ether oxygens (including phenoxy) is 2. The Kier molecular flexibility index (Phi) is 17.4. The lowest BCUT2D eigenvalue weighted by molar-refractivity contribution is -0.109. The van der Waals surface area contributed by atoms with E-state index in [4.69, 9.17) is 9.47 Å². The molecule has 0 aliphatic heterocycles. The second-order valence-electron chi connectivity index (χ2n) is 9.50. The van der Waals surface area contributed by atoms with Crippen LogP contribution in [0.1, 0.15) is 83.1 Å². The number of carbonyl (C=O) groups is 1. The van der Waals surface area contributed by atoms with E-state index in [1.54, 1.807) is 0 Å². The molecule has 1 N–H and O–H groups in total. The van der Waals surface area contributed by atoms with Crippen molar-refractivity contribution in [1.82, 2.24) is 5.32 Å². The lowest BCUT2D eigenvalue weighted by atomic mass is 10.1. The molecule has 3 aromatic carbocycles. The number of hydrogen-bond acceptors (Lipinski definition) is 3. The number of fused-ring (bicyclic) bond motifs is 1. The summed E-state index contributed by atoms with van der Waals surface area (Å²) in [5.41, 5.74) is 1.19. The average Bonchev–Trinajstić information content (AvgIpc) is 2.95. The minimum absolute atomic E-state index is 0.610. The van der Waals surface area contributed by atoms with E-state index in [1.807, 2.05) is 36.4 Å². The van der Waals surface area contributed by atoms with E-state index in [-0.39, 0.29) is 0 Å². The third-order valence-corrected chi connectivity index (χ3v) is 6.30. The first-order valence-electron chi connectivity index (χ1n) is 14.2. The van der Waals surface area contributed by atoms with Crippen molar-refractivity contribution in [2.75, 3.05) is 19.8 Å². The number of unbranched alkanes of at least 4 members (excludes halogenated alkanes) is 9. The Morgan fingerprint density at radius 1 is 0.676 bits per heavy atom. The van der Waals surface area contributed by atoms with Crippen LogP contribution in [0.15, 0.2) is 72.8 Å². The fourth-order valence-electron chi connectivity index (χ4n) is 4.13. The Balaban J connectivity index is 0.000000260. The summed E-state index contributed by atoms with van der Waals surface area (Å²) in [4.78, 5) is 9.99. The van der Waals surface area contributed by atoms with Crippen molar-refractivity contribution < 1.29 is 14.3 Å². The Morgan fingerprint density at radius 2 is 1.30 bits per heavy atom. The van der Waals surface area contributed by atoms with E-state index >= 15 is 0 Å². The largest absolute Gasteiger partial charge is 0.489 e. The highest BCUT2D eigenvalue weighted by Gasteiger charge is 1.98. The van der Waals surface area contributed by atoms with Crippen LogP contribution in [0, 0.1) is 0 Å². The van der Waals surface area contributed by atoms with Crippen LogP contribution >= 0.6 is 0 Å². The van der Waals surface area contributed by atoms with Gasteiger partial charge < -0.3 is 14.8 Å². The molecule has 0 saturated heterocycles. The van der Waals surface area contributed by atoms with E-state index in [9.17, 15) is 4.79 Å². The van der Waals surface area contributed by atoms with E-state index in [2.05, 4.69) is 48.6 Å². The zero-order valence-corrected chi connectivity index (χ0v) is 22.8. The quantitative estimate of drug-likeness (QED) is 0.131. The third-order valence-electron chi connectivity index (χ3n) is 6.30. The lowest BCUT2D eigenvalue weighted by Crippen LogP contribution is -2.14. The normalized spacial score (nSPS) is 10.5. The van der Waals surface area contributed by atoms with Gasteiger partial charge in [0.25, 0.3) is 0 Å². The number of carbonyl (C=O) groups excluding carboxylic acids is 1. The first-order valence-corrected chi connectivity index (χ1v) is 14.2. The molecule has 4 nitrogen and oxygen atoms in total. The summed E-state index contributed by atoms with van der Waals surface area (Å²) >= 11 is 0. The molecule has 0 aliphatic rings. The highest BCUT2D eigenvalue weighted by molar-refractivity contribution is 5.83. The van der Waals surface area contributed by atoms with Gasteiger partial charge in [0, 0.05) is 19.8 Å². The van der Waals surface area contributed by atoms with E-state index < -0.39 is 0 Å². The minimum atomic E-state index is 0.610. The van der Waals surface area contributed by atoms with Gasteiger partial charge in [-0.3, -0.25) is 4.79 Å². The number of hydrogen-bond donors (Lipinski definition) is 1. The number of nitrogens with one attached hydrogen (secondary N) is 1. The molecule has 0 fully saturated rings. The molecule has 0 bridgehead atoms. The van der Waals surface area contributed by atoms with Crippen LogP contribution in [0.3, 0.4) is 0 Å². The fourth-order valence-corrected chi connectivity index (χ4v) is 4.13. The molecule has 1 amide bonds. The second kappa shape index (κ2) is 21.3.